The first-order valence-corrected chi connectivity index (χ1v) is 10.3. The maximum Gasteiger partial charge on any atom is 0.227 e. The number of hydrogen-bond donors (Lipinski definition) is 0. The molecule has 0 saturated carbocycles. The van der Waals surface area contributed by atoms with Gasteiger partial charge in [0.15, 0.2) is 0 Å². The van der Waals surface area contributed by atoms with E-state index in [-0.39, 0.29) is 5.91 Å². The van der Waals surface area contributed by atoms with Gasteiger partial charge >= 0.3 is 0 Å². The van der Waals surface area contributed by atoms with Gasteiger partial charge in [-0.15, -0.1) is 5.10 Å². The zero-order chi connectivity index (χ0) is 21.0. The van der Waals surface area contributed by atoms with Crippen LogP contribution in [0.1, 0.15) is 11.1 Å². The Morgan fingerprint density at radius 2 is 1.71 bits per heavy atom. The molecule has 1 saturated heterocycles. The maximum atomic E-state index is 12.7. The summed E-state index contributed by atoms with van der Waals surface area (Å²) in [6.45, 7) is 4.24. The summed E-state index contributed by atoms with van der Waals surface area (Å²) in [5.41, 5.74) is 4.64. The molecule has 0 unspecified atom stereocenters. The summed E-state index contributed by atoms with van der Waals surface area (Å²) >= 11 is 0. The Morgan fingerprint density at radius 1 is 0.935 bits per heavy atom. The van der Waals surface area contributed by atoms with E-state index in [0.29, 0.717) is 6.42 Å². The Morgan fingerprint density at radius 3 is 2.48 bits per heavy atom. The molecule has 0 N–H and O–H groups in total. The van der Waals surface area contributed by atoms with Gasteiger partial charge in [0, 0.05) is 32.7 Å². The summed E-state index contributed by atoms with van der Waals surface area (Å²) < 4.78 is 6.35. The van der Waals surface area contributed by atoms with Crippen LogP contribution in [0.3, 0.4) is 0 Å². The average Bonchev–Trinajstić information content (AvgIpc) is 3.50. The molecule has 0 atom stereocenters. The number of carbonyl (C=O) groups excluding carboxylic acids is 1. The lowest BCUT2D eigenvalue weighted by atomic mass is 10.1. The zero-order valence-electron chi connectivity index (χ0n) is 17.0. The number of tetrazole rings is 1. The van der Waals surface area contributed by atoms with E-state index in [2.05, 4.69) is 36.8 Å². The van der Waals surface area contributed by atoms with Gasteiger partial charge in [-0.2, -0.15) is 0 Å². The maximum absolute atomic E-state index is 12.7. The Balaban J connectivity index is 1.09. The number of piperazine rings is 1. The van der Waals surface area contributed by atoms with Crippen LogP contribution in [0.5, 0.6) is 0 Å². The van der Waals surface area contributed by atoms with E-state index in [1.54, 1.807) is 11.0 Å². The highest BCUT2D eigenvalue weighted by Crippen LogP contribution is 2.14. The van der Waals surface area contributed by atoms with Gasteiger partial charge < -0.3 is 4.90 Å². The van der Waals surface area contributed by atoms with Gasteiger partial charge in [-0.3, -0.25) is 9.69 Å². The van der Waals surface area contributed by atoms with Gasteiger partial charge in [-0.05, 0) is 62.6 Å². The lowest BCUT2D eigenvalue weighted by Crippen LogP contribution is -2.49. The van der Waals surface area contributed by atoms with Crippen LogP contribution in [0.4, 0.5) is 0 Å². The summed E-state index contributed by atoms with van der Waals surface area (Å²) in [5, 5.41) is 18.9. The third kappa shape index (κ3) is 4.43. The van der Waals surface area contributed by atoms with Crippen LogP contribution in [0, 0.1) is 0 Å². The largest absolute Gasteiger partial charge is 0.340 e. The van der Waals surface area contributed by atoms with E-state index in [0.717, 1.165) is 61.4 Å². The fourth-order valence-corrected chi connectivity index (χ4v) is 3.82. The molecule has 158 valence electrons. The molecular formula is C21H22N8O2. The molecule has 1 aliphatic rings. The van der Waals surface area contributed by atoms with Crippen molar-refractivity contribution in [1.29, 1.82) is 0 Å². The molecule has 2 aromatic heterocycles. The molecule has 5 rings (SSSR count). The number of fused-ring (bicyclic) bond motifs is 1. The summed E-state index contributed by atoms with van der Waals surface area (Å²) in [7, 11) is 0. The summed E-state index contributed by atoms with van der Waals surface area (Å²) in [6, 6.07) is 13.8. The topological polar surface area (TPSA) is 106 Å². The highest BCUT2D eigenvalue weighted by Gasteiger charge is 2.21. The number of rotatable bonds is 6. The van der Waals surface area contributed by atoms with Gasteiger partial charge in [-0.25, -0.2) is 9.31 Å². The number of benzene rings is 2. The standard InChI is InChI=1S/C21H22N8O2/c30-21(14-16-1-4-18(5-2-16)29-15-22-25-26-29)28-11-9-27(10-12-28)8-7-17-3-6-19-20(13-17)24-31-23-19/h1-6,13,15H,7-12,14H2. The fraction of sp³-hybridized carbons (Fsp3) is 0.333. The molecule has 0 radical (unpaired) electrons. The molecule has 10 heteroatoms. The minimum atomic E-state index is 0.166. The van der Waals surface area contributed by atoms with Crippen molar-refractivity contribution in [2.45, 2.75) is 12.8 Å². The summed E-state index contributed by atoms with van der Waals surface area (Å²) in [4.78, 5) is 17.1. The highest BCUT2D eigenvalue weighted by atomic mass is 16.6. The predicted octanol–water partition coefficient (Wildman–Crippen LogP) is 1.13. The Labute approximate surface area is 178 Å². The first kappa shape index (κ1) is 19.3. The van der Waals surface area contributed by atoms with Crippen molar-refractivity contribution in [3.05, 3.63) is 59.9 Å². The number of nitrogens with zero attached hydrogens (tertiary/aromatic N) is 8. The second-order valence-electron chi connectivity index (χ2n) is 7.66. The van der Waals surface area contributed by atoms with Gasteiger partial charge in [0.05, 0.1) is 12.1 Å². The lowest BCUT2D eigenvalue weighted by Gasteiger charge is -2.34. The van der Waals surface area contributed by atoms with Crippen molar-refractivity contribution in [3.63, 3.8) is 0 Å². The molecule has 0 aliphatic carbocycles. The van der Waals surface area contributed by atoms with Gasteiger partial charge in [0.2, 0.25) is 5.91 Å². The average molecular weight is 418 g/mol. The van der Waals surface area contributed by atoms with E-state index in [9.17, 15) is 4.79 Å². The molecule has 4 aromatic rings. The lowest BCUT2D eigenvalue weighted by molar-refractivity contribution is -0.132. The molecule has 2 aromatic carbocycles. The molecular weight excluding hydrogens is 396 g/mol. The predicted molar refractivity (Wildman–Crippen MR) is 111 cm³/mol. The minimum Gasteiger partial charge on any atom is -0.340 e. The van der Waals surface area contributed by atoms with E-state index in [1.807, 2.05) is 41.3 Å². The van der Waals surface area contributed by atoms with Gasteiger partial charge in [-0.1, -0.05) is 18.2 Å². The van der Waals surface area contributed by atoms with Crippen LogP contribution in [-0.2, 0) is 17.6 Å². The SMILES string of the molecule is O=C(Cc1ccc(-n2cnnn2)cc1)N1CCN(CCc2ccc3nonc3c2)CC1. The number of carbonyl (C=O) groups is 1. The number of amides is 1. The van der Waals surface area contributed by atoms with Crippen LogP contribution < -0.4 is 0 Å². The molecule has 1 aliphatic heterocycles. The molecule has 31 heavy (non-hydrogen) atoms. The second kappa shape index (κ2) is 8.60. The number of aromatic nitrogens is 6. The van der Waals surface area contributed by atoms with E-state index in [1.165, 1.54) is 5.56 Å². The Bertz CT molecular complexity index is 1150. The van der Waals surface area contributed by atoms with E-state index < -0.39 is 0 Å². The zero-order valence-corrected chi connectivity index (χ0v) is 17.0. The van der Waals surface area contributed by atoms with Crippen LogP contribution in [0.15, 0.2) is 53.4 Å². The Hall–Kier alpha value is -3.66. The van der Waals surface area contributed by atoms with Crippen molar-refractivity contribution < 1.29 is 9.42 Å². The fourth-order valence-electron chi connectivity index (χ4n) is 3.82. The minimum absolute atomic E-state index is 0.166. The third-order valence-corrected chi connectivity index (χ3v) is 5.67. The summed E-state index contributed by atoms with van der Waals surface area (Å²) in [6.07, 6.45) is 2.88. The van der Waals surface area contributed by atoms with Crippen molar-refractivity contribution in [1.82, 2.24) is 40.3 Å². The first-order valence-electron chi connectivity index (χ1n) is 10.3. The molecule has 3 heterocycles. The van der Waals surface area contributed by atoms with Crippen LogP contribution in [0.2, 0.25) is 0 Å². The quantitative estimate of drug-likeness (QED) is 0.459. The molecule has 1 amide bonds. The van der Waals surface area contributed by atoms with Gasteiger partial charge in [0.25, 0.3) is 0 Å². The van der Waals surface area contributed by atoms with Gasteiger partial charge in [0.1, 0.15) is 17.4 Å². The highest BCUT2D eigenvalue weighted by molar-refractivity contribution is 5.79. The van der Waals surface area contributed by atoms with Crippen LogP contribution >= 0.6 is 0 Å². The third-order valence-electron chi connectivity index (χ3n) is 5.67. The second-order valence-corrected chi connectivity index (χ2v) is 7.66. The smallest absolute Gasteiger partial charge is 0.227 e. The Kier molecular flexibility index (Phi) is 5.36. The molecule has 1 fully saturated rings. The molecule has 0 bridgehead atoms. The van der Waals surface area contributed by atoms with Crippen LogP contribution in [0.25, 0.3) is 16.7 Å². The van der Waals surface area contributed by atoms with E-state index >= 15 is 0 Å². The van der Waals surface area contributed by atoms with Crippen molar-refractivity contribution in [2.24, 2.45) is 0 Å². The number of hydrogen-bond acceptors (Lipinski definition) is 8. The van der Waals surface area contributed by atoms with Crippen molar-refractivity contribution in [3.8, 4) is 5.69 Å². The van der Waals surface area contributed by atoms with Crippen molar-refractivity contribution in [2.75, 3.05) is 32.7 Å². The van der Waals surface area contributed by atoms with E-state index in [4.69, 9.17) is 4.63 Å². The summed E-state index contributed by atoms with van der Waals surface area (Å²) in [5.74, 6) is 0.166. The normalized spacial score (nSPS) is 14.9. The van der Waals surface area contributed by atoms with Crippen molar-refractivity contribution >= 4 is 16.9 Å². The molecule has 10 nitrogen and oxygen atoms in total. The van der Waals surface area contributed by atoms with Crippen LogP contribution in [-0.4, -0.2) is 79.0 Å². The monoisotopic (exact) mass is 418 g/mol. The molecule has 0 spiro atoms. The first-order chi connectivity index (χ1) is 15.2.